The highest BCUT2D eigenvalue weighted by atomic mass is 16.7. The summed E-state index contributed by atoms with van der Waals surface area (Å²) < 4.78 is 0. The number of para-hydroxylation sites is 1. The van der Waals surface area contributed by atoms with Gasteiger partial charge in [0.15, 0.2) is 5.78 Å². The molecule has 0 aliphatic heterocycles. The topological polar surface area (TPSA) is 38.3 Å². The van der Waals surface area contributed by atoms with Gasteiger partial charge >= 0.3 is 0 Å². The van der Waals surface area contributed by atoms with E-state index in [9.17, 15) is 4.79 Å². The summed E-state index contributed by atoms with van der Waals surface area (Å²) in [6, 6.07) is 9.63. The standard InChI is InChI=1S/C14H19NO2/c1-14(2)9-8-12(16)13(10-14)17-15-11-6-4-3-5-7-11/h3-7,13,15H,8-10H2,1-2H3/t13-/m0/s1. The monoisotopic (exact) mass is 233 g/mol. The normalized spacial score (nSPS) is 23.4. The number of hydrogen-bond acceptors (Lipinski definition) is 3. The fourth-order valence-electron chi connectivity index (χ4n) is 2.09. The van der Waals surface area contributed by atoms with Crippen LogP contribution in [0.25, 0.3) is 0 Å². The summed E-state index contributed by atoms with van der Waals surface area (Å²) in [5.41, 5.74) is 3.93. The Hall–Kier alpha value is -1.35. The van der Waals surface area contributed by atoms with Crippen LogP contribution in [0.5, 0.6) is 0 Å². The Bertz CT molecular complexity index is 386. The predicted molar refractivity (Wildman–Crippen MR) is 67.6 cm³/mol. The number of hydrogen-bond donors (Lipinski definition) is 1. The van der Waals surface area contributed by atoms with Crippen LogP contribution in [-0.2, 0) is 9.63 Å². The number of Topliss-reactive ketones (excluding diaryl/α,β-unsaturated/α-hetero) is 1. The van der Waals surface area contributed by atoms with Crippen molar-refractivity contribution in [3.8, 4) is 0 Å². The van der Waals surface area contributed by atoms with Crippen molar-refractivity contribution in [3.05, 3.63) is 30.3 Å². The van der Waals surface area contributed by atoms with Crippen LogP contribution in [0.2, 0.25) is 0 Å². The van der Waals surface area contributed by atoms with Gasteiger partial charge in [0.2, 0.25) is 0 Å². The molecule has 17 heavy (non-hydrogen) atoms. The molecule has 1 N–H and O–H groups in total. The molecular weight excluding hydrogens is 214 g/mol. The number of ketones is 1. The van der Waals surface area contributed by atoms with E-state index < -0.39 is 0 Å². The van der Waals surface area contributed by atoms with Gasteiger partial charge in [-0.2, -0.15) is 0 Å². The summed E-state index contributed by atoms with van der Waals surface area (Å²) in [5, 5.41) is 0. The molecular formula is C14H19NO2. The van der Waals surface area contributed by atoms with E-state index in [4.69, 9.17) is 4.84 Å². The average Bonchev–Trinajstić information content (AvgIpc) is 2.32. The summed E-state index contributed by atoms with van der Waals surface area (Å²) in [6.07, 6.45) is 2.04. The Morgan fingerprint density at radius 1 is 1.29 bits per heavy atom. The van der Waals surface area contributed by atoms with Crippen molar-refractivity contribution < 1.29 is 9.63 Å². The first-order valence-corrected chi connectivity index (χ1v) is 6.06. The van der Waals surface area contributed by atoms with Crippen LogP contribution in [-0.4, -0.2) is 11.9 Å². The van der Waals surface area contributed by atoms with Crippen molar-refractivity contribution in [1.29, 1.82) is 0 Å². The summed E-state index contributed by atoms with van der Waals surface area (Å²) >= 11 is 0. The van der Waals surface area contributed by atoms with Crippen molar-refractivity contribution in [1.82, 2.24) is 0 Å². The van der Waals surface area contributed by atoms with Crippen LogP contribution in [0.1, 0.15) is 33.1 Å². The van der Waals surface area contributed by atoms with Gasteiger partial charge in [-0.1, -0.05) is 32.0 Å². The minimum absolute atomic E-state index is 0.191. The minimum Gasteiger partial charge on any atom is -0.297 e. The highest BCUT2D eigenvalue weighted by molar-refractivity contribution is 5.84. The Balaban J connectivity index is 1.92. The van der Waals surface area contributed by atoms with Gasteiger partial charge in [-0.05, 0) is 30.4 Å². The zero-order chi connectivity index (χ0) is 12.3. The van der Waals surface area contributed by atoms with Gasteiger partial charge in [-0.15, -0.1) is 0 Å². The Kier molecular flexibility index (Phi) is 3.48. The van der Waals surface area contributed by atoms with Gasteiger partial charge in [0, 0.05) is 6.42 Å². The highest BCUT2D eigenvalue weighted by Crippen LogP contribution is 2.34. The number of rotatable bonds is 3. The zero-order valence-electron chi connectivity index (χ0n) is 10.4. The second-order valence-corrected chi connectivity index (χ2v) is 5.41. The molecule has 0 amide bonds. The molecule has 0 radical (unpaired) electrons. The maximum Gasteiger partial charge on any atom is 0.164 e. The number of anilines is 1. The number of carbonyl (C=O) groups excluding carboxylic acids is 1. The first kappa shape index (κ1) is 12.1. The molecule has 0 heterocycles. The van der Waals surface area contributed by atoms with Crippen LogP contribution in [0.3, 0.4) is 0 Å². The fraction of sp³-hybridized carbons (Fsp3) is 0.500. The van der Waals surface area contributed by atoms with Crippen molar-refractivity contribution >= 4 is 11.5 Å². The van der Waals surface area contributed by atoms with Crippen LogP contribution < -0.4 is 5.48 Å². The molecule has 0 unspecified atom stereocenters. The van der Waals surface area contributed by atoms with E-state index in [1.54, 1.807) is 0 Å². The van der Waals surface area contributed by atoms with Gasteiger partial charge in [0.1, 0.15) is 6.10 Å². The molecule has 0 aromatic heterocycles. The number of carbonyl (C=O) groups is 1. The molecule has 0 spiro atoms. The van der Waals surface area contributed by atoms with Crippen molar-refractivity contribution in [3.63, 3.8) is 0 Å². The molecule has 2 rings (SSSR count). The lowest BCUT2D eigenvalue weighted by atomic mass is 9.75. The summed E-state index contributed by atoms with van der Waals surface area (Å²) in [4.78, 5) is 17.3. The Morgan fingerprint density at radius 2 is 2.00 bits per heavy atom. The molecule has 1 aliphatic rings. The molecule has 3 nitrogen and oxygen atoms in total. The first-order chi connectivity index (χ1) is 8.07. The highest BCUT2D eigenvalue weighted by Gasteiger charge is 2.34. The van der Waals surface area contributed by atoms with Gasteiger partial charge < -0.3 is 0 Å². The zero-order valence-corrected chi connectivity index (χ0v) is 10.4. The van der Waals surface area contributed by atoms with Crippen LogP contribution >= 0.6 is 0 Å². The predicted octanol–water partition coefficient (Wildman–Crippen LogP) is 3.18. The largest absolute Gasteiger partial charge is 0.297 e. The Morgan fingerprint density at radius 3 is 2.71 bits per heavy atom. The molecule has 1 fully saturated rings. The van der Waals surface area contributed by atoms with E-state index in [2.05, 4.69) is 19.3 Å². The van der Waals surface area contributed by atoms with Gasteiger partial charge in [0.05, 0.1) is 5.69 Å². The van der Waals surface area contributed by atoms with E-state index in [0.29, 0.717) is 6.42 Å². The third-order valence-corrected chi connectivity index (χ3v) is 3.24. The maximum absolute atomic E-state index is 11.7. The molecule has 0 saturated heterocycles. The van der Waals surface area contributed by atoms with E-state index in [1.807, 2.05) is 30.3 Å². The summed E-state index contributed by atoms with van der Waals surface area (Å²) in [5.74, 6) is 0.202. The van der Waals surface area contributed by atoms with Crippen LogP contribution in [0.15, 0.2) is 30.3 Å². The van der Waals surface area contributed by atoms with Crippen molar-refractivity contribution in [2.75, 3.05) is 5.48 Å². The average molecular weight is 233 g/mol. The second-order valence-electron chi connectivity index (χ2n) is 5.41. The van der Waals surface area contributed by atoms with Crippen molar-refractivity contribution in [2.45, 2.75) is 39.2 Å². The molecule has 1 saturated carbocycles. The summed E-state index contributed by atoms with van der Waals surface area (Å²) in [6.45, 7) is 4.36. The molecule has 3 heteroatoms. The lowest BCUT2D eigenvalue weighted by Gasteiger charge is -2.33. The molecule has 0 bridgehead atoms. The third kappa shape index (κ3) is 3.30. The van der Waals surface area contributed by atoms with Gasteiger partial charge in [-0.25, -0.2) is 0 Å². The molecule has 92 valence electrons. The van der Waals surface area contributed by atoms with E-state index in [0.717, 1.165) is 18.5 Å². The molecule has 1 aromatic rings. The number of benzene rings is 1. The van der Waals surface area contributed by atoms with Crippen LogP contribution in [0.4, 0.5) is 5.69 Å². The molecule has 1 aromatic carbocycles. The first-order valence-electron chi connectivity index (χ1n) is 6.06. The lowest BCUT2D eigenvalue weighted by molar-refractivity contribution is -0.134. The third-order valence-electron chi connectivity index (χ3n) is 3.24. The quantitative estimate of drug-likeness (QED) is 0.815. The molecule has 1 aliphatic carbocycles. The Labute approximate surface area is 102 Å². The number of nitrogens with one attached hydrogen (secondary N) is 1. The van der Waals surface area contributed by atoms with Gasteiger partial charge in [-0.3, -0.25) is 15.1 Å². The van der Waals surface area contributed by atoms with Crippen LogP contribution in [0, 0.1) is 5.41 Å². The summed E-state index contributed by atoms with van der Waals surface area (Å²) in [7, 11) is 0. The van der Waals surface area contributed by atoms with Crippen molar-refractivity contribution in [2.24, 2.45) is 5.41 Å². The lowest BCUT2D eigenvalue weighted by Crippen LogP contribution is -2.37. The fourth-order valence-corrected chi connectivity index (χ4v) is 2.09. The maximum atomic E-state index is 11.7. The minimum atomic E-state index is -0.320. The molecule has 1 atom stereocenters. The van der Waals surface area contributed by atoms with E-state index in [-0.39, 0.29) is 17.3 Å². The van der Waals surface area contributed by atoms with Gasteiger partial charge in [0.25, 0.3) is 0 Å². The SMILES string of the molecule is CC1(C)CCC(=O)[C@@H](ONc2ccccc2)C1. The second kappa shape index (κ2) is 4.88. The smallest absolute Gasteiger partial charge is 0.164 e. The van der Waals surface area contributed by atoms with E-state index >= 15 is 0 Å². The van der Waals surface area contributed by atoms with E-state index in [1.165, 1.54) is 0 Å².